The highest BCUT2D eigenvalue weighted by atomic mass is 16.6. The summed E-state index contributed by atoms with van der Waals surface area (Å²) >= 11 is 0. The van der Waals surface area contributed by atoms with Crippen molar-refractivity contribution in [2.45, 2.75) is 32.4 Å². The highest BCUT2D eigenvalue weighted by Crippen LogP contribution is 2.35. The molecule has 36 heavy (non-hydrogen) atoms. The van der Waals surface area contributed by atoms with E-state index in [2.05, 4.69) is 31.8 Å². The molecule has 1 aliphatic rings. The van der Waals surface area contributed by atoms with E-state index < -0.39 is 5.60 Å². The van der Waals surface area contributed by atoms with Crippen LogP contribution in [0.2, 0.25) is 0 Å². The molecule has 0 radical (unpaired) electrons. The molecular formula is C26H28BN5O4. The lowest BCUT2D eigenvalue weighted by molar-refractivity contribution is 0.0930. The van der Waals surface area contributed by atoms with Gasteiger partial charge in [-0.3, -0.25) is 0 Å². The lowest BCUT2D eigenvalue weighted by Crippen LogP contribution is -2.31. The van der Waals surface area contributed by atoms with Crippen LogP contribution in [0.1, 0.15) is 36.8 Å². The highest BCUT2D eigenvalue weighted by molar-refractivity contribution is 6.63. The molecule has 5 rings (SSSR count). The molecule has 0 saturated heterocycles. The summed E-state index contributed by atoms with van der Waals surface area (Å²) in [6, 6.07) is 17.3. The van der Waals surface area contributed by atoms with E-state index in [1.54, 1.807) is 20.2 Å². The summed E-state index contributed by atoms with van der Waals surface area (Å²) in [5.74, 6) is 1.49. The normalized spacial score (nSPS) is 15.0. The highest BCUT2D eigenvalue weighted by Gasteiger charge is 2.42. The van der Waals surface area contributed by atoms with Crippen LogP contribution < -0.4 is 16.1 Å². The number of hydrogen-bond donors (Lipinski definition) is 3. The maximum absolute atomic E-state index is 10.1. The van der Waals surface area contributed by atoms with Crippen LogP contribution in [-0.4, -0.2) is 41.1 Å². The first-order valence-electron chi connectivity index (χ1n) is 11.7. The number of pyridine rings is 1. The molecule has 3 heterocycles. The summed E-state index contributed by atoms with van der Waals surface area (Å²) in [5.41, 5.74) is 4.75. The topological polar surface area (TPSA) is 115 Å². The molecule has 4 aromatic rings. The van der Waals surface area contributed by atoms with Crippen molar-refractivity contribution < 1.29 is 18.9 Å². The summed E-state index contributed by atoms with van der Waals surface area (Å²) in [7, 11) is 1.26. The molecular weight excluding hydrogens is 457 g/mol. The van der Waals surface area contributed by atoms with Gasteiger partial charge in [0.15, 0.2) is 5.82 Å². The molecule has 0 fully saturated rings. The Hall–Kier alpha value is -3.73. The molecule has 1 aliphatic heterocycles. The average molecular weight is 485 g/mol. The predicted octanol–water partition coefficient (Wildman–Crippen LogP) is 3.94. The van der Waals surface area contributed by atoms with Crippen LogP contribution in [0.25, 0.3) is 11.5 Å². The molecule has 10 heteroatoms. The third-order valence-corrected chi connectivity index (χ3v) is 6.22. The fourth-order valence-electron chi connectivity index (χ4n) is 4.41. The number of anilines is 3. The first-order valence-corrected chi connectivity index (χ1v) is 11.7. The van der Waals surface area contributed by atoms with Gasteiger partial charge in [-0.05, 0) is 49.5 Å². The number of fused-ring (bicyclic) bond motifs is 1. The van der Waals surface area contributed by atoms with Crippen molar-refractivity contribution in [3.05, 3.63) is 77.7 Å². The maximum Gasteiger partial charge on any atom is 0.494 e. The molecule has 0 bridgehead atoms. The Morgan fingerprint density at radius 2 is 1.94 bits per heavy atom. The molecule has 184 valence electrons. The minimum Gasteiger partial charge on any atom is -0.410 e. The Labute approximate surface area is 210 Å². The molecule has 0 spiro atoms. The monoisotopic (exact) mass is 485 g/mol. The minimum atomic E-state index is -0.475. The van der Waals surface area contributed by atoms with Gasteiger partial charge >= 0.3 is 7.12 Å². The van der Waals surface area contributed by atoms with Gasteiger partial charge in [-0.25, -0.2) is 4.98 Å². The summed E-state index contributed by atoms with van der Waals surface area (Å²) in [6.45, 7) is 5.71. The van der Waals surface area contributed by atoms with Crippen LogP contribution in [-0.2, 0) is 14.9 Å². The predicted molar refractivity (Wildman–Crippen MR) is 138 cm³/mol. The van der Waals surface area contributed by atoms with Crippen LogP contribution in [0.4, 0.5) is 17.2 Å². The molecule has 2 aromatic carbocycles. The molecule has 0 unspecified atom stereocenters. The van der Waals surface area contributed by atoms with Crippen molar-refractivity contribution in [2.75, 3.05) is 24.4 Å². The number of aryl methyl sites for hydroxylation is 1. The fourth-order valence-corrected chi connectivity index (χ4v) is 4.41. The van der Waals surface area contributed by atoms with Crippen LogP contribution >= 0.6 is 0 Å². The fraction of sp³-hybridized carbons (Fsp3) is 0.269. The number of nitrogens with zero attached hydrogens (tertiary/aromatic N) is 3. The van der Waals surface area contributed by atoms with Gasteiger partial charge in [0.05, 0.1) is 29.5 Å². The second kappa shape index (κ2) is 9.73. The number of aromatic nitrogens is 3. The van der Waals surface area contributed by atoms with Crippen molar-refractivity contribution in [3.63, 3.8) is 0 Å². The standard InChI is InChI=1S/C26H28BN5O4/c1-16-29-25(35-32-16)19-14-28-24(13-22(19)31-23(15-33)17-8-6-5-7-9-17)30-18-10-11-21-20(12-18)26(2,3)36-27(21)34-4/h5-14,23,33H,15H2,1-4H3,(H2,28,30,31)/t23-/m1/s1. The second-order valence-electron chi connectivity index (χ2n) is 9.17. The largest absolute Gasteiger partial charge is 0.494 e. The van der Waals surface area contributed by atoms with Crippen molar-refractivity contribution in [1.29, 1.82) is 0 Å². The maximum atomic E-state index is 10.1. The number of hydrogen-bond acceptors (Lipinski definition) is 9. The Morgan fingerprint density at radius 3 is 2.64 bits per heavy atom. The Balaban J connectivity index is 1.49. The quantitative estimate of drug-likeness (QED) is 0.319. The van der Waals surface area contributed by atoms with Gasteiger partial charge in [-0.2, -0.15) is 4.98 Å². The van der Waals surface area contributed by atoms with E-state index >= 15 is 0 Å². The Bertz CT molecular complexity index is 1360. The van der Waals surface area contributed by atoms with Crippen LogP contribution in [0.3, 0.4) is 0 Å². The molecule has 0 saturated carbocycles. The van der Waals surface area contributed by atoms with Crippen LogP contribution in [0.5, 0.6) is 0 Å². The molecule has 0 aliphatic carbocycles. The van der Waals surface area contributed by atoms with E-state index in [4.69, 9.17) is 13.8 Å². The molecule has 0 amide bonds. The molecule has 9 nitrogen and oxygen atoms in total. The first kappa shape index (κ1) is 24.0. The van der Waals surface area contributed by atoms with Crippen molar-refractivity contribution >= 4 is 29.8 Å². The van der Waals surface area contributed by atoms with Gasteiger partial charge < -0.3 is 29.6 Å². The number of nitrogens with one attached hydrogen (secondary N) is 2. The van der Waals surface area contributed by atoms with Crippen LogP contribution in [0, 0.1) is 6.92 Å². The Kier molecular flexibility index (Phi) is 6.48. The number of aliphatic hydroxyl groups excluding tert-OH is 1. The van der Waals surface area contributed by atoms with Crippen LogP contribution in [0.15, 0.2) is 65.3 Å². The number of rotatable bonds is 8. The third-order valence-electron chi connectivity index (χ3n) is 6.22. The Morgan fingerprint density at radius 1 is 1.14 bits per heavy atom. The van der Waals surface area contributed by atoms with Crippen molar-refractivity contribution in [3.8, 4) is 11.5 Å². The van der Waals surface area contributed by atoms with E-state index in [1.807, 2.05) is 62.4 Å². The second-order valence-corrected chi connectivity index (χ2v) is 9.17. The average Bonchev–Trinajstić information content (AvgIpc) is 3.43. The number of benzene rings is 2. The summed E-state index contributed by atoms with van der Waals surface area (Å²) < 4.78 is 16.9. The summed E-state index contributed by atoms with van der Waals surface area (Å²) in [5, 5.41) is 20.8. The minimum absolute atomic E-state index is 0.0992. The zero-order chi connectivity index (χ0) is 25.3. The van der Waals surface area contributed by atoms with Gasteiger partial charge in [0.25, 0.3) is 5.89 Å². The third kappa shape index (κ3) is 4.70. The van der Waals surface area contributed by atoms with Crippen molar-refractivity contribution in [1.82, 2.24) is 15.1 Å². The van der Waals surface area contributed by atoms with E-state index in [0.29, 0.717) is 28.8 Å². The first-order chi connectivity index (χ1) is 17.4. The van der Waals surface area contributed by atoms with Gasteiger partial charge in [0.2, 0.25) is 0 Å². The smallest absolute Gasteiger partial charge is 0.410 e. The van der Waals surface area contributed by atoms with Gasteiger partial charge in [-0.1, -0.05) is 41.6 Å². The van der Waals surface area contributed by atoms with Crippen molar-refractivity contribution in [2.24, 2.45) is 0 Å². The van der Waals surface area contributed by atoms with Gasteiger partial charge in [0, 0.05) is 25.1 Å². The van der Waals surface area contributed by atoms with E-state index in [9.17, 15) is 5.11 Å². The molecule has 1 atom stereocenters. The zero-order valence-electron chi connectivity index (χ0n) is 20.6. The lowest BCUT2D eigenvalue weighted by atomic mass is 9.77. The zero-order valence-corrected chi connectivity index (χ0v) is 20.6. The van der Waals surface area contributed by atoms with E-state index in [-0.39, 0.29) is 19.8 Å². The lowest BCUT2D eigenvalue weighted by Gasteiger charge is -2.21. The SMILES string of the molecule is COB1OC(C)(C)c2cc(Nc3cc(N[C@H](CO)c4ccccc4)c(-c4nc(C)no4)cn3)ccc21. The molecule has 2 aromatic heterocycles. The summed E-state index contributed by atoms with van der Waals surface area (Å²) in [6.07, 6.45) is 1.68. The van der Waals surface area contributed by atoms with Gasteiger partial charge in [-0.15, -0.1) is 0 Å². The number of aliphatic hydroxyl groups is 1. The van der Waals surface area contributed by atoms with E-state index in [1.165, 1.54) is 0 Å². The van der Waals surface area contributed by atoms with E-state index in [0.717, 1.165) is 22.3 Å². The molecule has 3 N–H and O–H groups in total. The summed E-state index contributed by atoms with van der Waals surface area (Å²) in [4.78, 5) is 8.95. The van der Waals surface area contributed by atoms with Gasteiger partial charge in [0.1, 0.15) is 5.82 Å².